The maximum atomic E-state index is 12.7. The summed E-state index contributed by atoms with van der Waals surface area (Å²) >= 11 is 0. The summed E-state index contributed by atoms with van der Waals surface area (Å²) in [6.45, 7) is 10.1. The van der Waals surface area contributed by atoms with E-state index in [-0.39, 0.29) is 24.4 Å². The molecular formula is C29H38ClN5O. The van der Waals surface area contributed by atoms with E-state index in [4.69, 9.17) is 5.26 Å². The largest absolute Gasteiger partial charge is 0.329 e. The van der Waals surface area contributed by atoms with Gasteiger partial charge in [-0.3, -0.25) is 9.69 Å². The minimum absolute atomic E-state index is 0. The van der Waals surface area contributed by atoms with Crippen molar-refractivity contribution in [3.63, 3.8) is 0 Å². The Morgan fingerprint density at radius 2 is 1.89 bits per heavy atom. The number of hydrogen-bond donors (Lipinski definition) is 0. The van der Waals surface area contributed by atoms with Gasteiger partial charge in [0.2, 0.25) is 5.91 Å². The molecule has 0 bridgehead atoms. The Morgan fingerprint density at radius 3 is 2.53 bits per heavy atom. The second-order valence-corrected chi connectivity index (χ2v) is 9.38. The fourth-order valence-corrected chi connectivity index (χ4v) is 4.41. The maximum Gasteiger partial charge on any atom is 0.223 e. The Morgan fingerprint density at radius 1 is 1.17 bits per heavy atom. The van der Waals surface area contributed by atoms with Crippen LogP contribution in [0, 0.1) is 25.2 Å². The van der Waals surface area contributed by atoms with Crippen LogP contribution in [-0.2, 0) is 17.9 Å². The summed E-state index contributed by atoms with van der Waals surface area (Å²) in [6.07, 6.45) is 7.03. The smallest absolute Gasteiger partial charge is 0.223 e. The lowest BCUT2D eigenvalue weighted by Gasteiger charge is -2.34. The Bertz CT molecular complexity index is 1170. The highest BCUT2D eigenvalue weighted by Gasteiger charge is 2.23. The van der Waals surface area contributed by atoms with E-state index in [0.29, 0.717) is 18.7 Å². The lowest BCUT2D eigenvalue weighted by atomic mass is 10.0. The number of likely N-dealkylation sites (N-methyl/N-ethyl adjacent to an activating group) is 1. The second-order valence-electron chi connectivity index (χ2n) is 9.38. The average molecular weight is 508 g/mol. The molecule has 0 spiro atoms. The normalized spacial score (nSPS) is 11.6. The fraction of sp³-hybridized carbons (Fsp3) is 0.414. The first kappa shape index (κ1) is 29.1. The Hall–Kier alpha value is -3.14. The molecule has 6 nitrogen and oxygen atoms in total. The van der Waals surface area contributed by atoms with Crippen LogP contribution in [0.15, 0.2) is 55.0 Å². The van der Waals surface area contributed by atoms with Crippen LogP contribution in [-0.4, -0.2) is 40.0 Å². The van der Waals surface area contributed by atoms with Crippen LogP contribution < -0.4 is 4.90 Å². The minimum atomic E-state index is 0. The molecular weight excluding hydrogens is 470 g/mol. The summed E-state index contributed by atoms with van der Waals surface area (Å²) in [5, 5.41) is 9.04. The molecule has 0 aliphatic rings. The summed E-state index contributed by atoms with van der Waals surface area (Å²) in [6, 6.07) is 16.2. The summed E-state index contributed by atoms with van der Waals surface area (Å²) in [4.78, 5) is 21.4. The predicted octanol–water partition coefficient (Wildman–Crippen LogP) is 5.89. The Labute approximate surface area is 222 Å². The number of halogens is 1. The topological polar surface area (TPSA) is 65.2 Å². The molecule has 1 heterocycles. The van der Waals surface area contributed by atoms with Crippen LogP contribution in [0.5, 0.6) is 0 Å². The number of nitriles is 1. The van der Waals surface area contributed by atoms with E-state index in [0.717, 1.165) is 48.3 Å². The number of unbranched alkanes of at least 4 members (excludes halogenated alkanes) is 1. The molecule has 0 fully saturated rings. The summed E-state index contributed by atoms with van der Waals surface area (Å²) < 4.78 is 2.15. The zero-order valence-electron chi connectivity index (χ0n) is 22.1. The number of benzene rings is 2. The quantitative estimate of drug-likeness (QED) is 0.325. The van der Waals surface area contributed by atoms with Gasteiger partial charge in [-0.1, -0.05) is 44.0 Å². The van der Waals surface area contributed by atoms with Gasteiger partial charge >= 0.3 is 0 Å². The van der Waals surface area contributed by atoms with Gasteiger partial charge in [0, 0.05) is 44.5 Å². The molecule has 0 aliphatic carbocycles. The highest BCUT2D eigenvalue weighted by Crippen LogP contribution is 2.25. The first-order valence-corrected chi connectivity index (χ1v) is 12.4. The van der Waals surface area contributed by atoms with Crippen molar-refractivity contribution in [3.05, 3.63) is 82.9 Å². The van der Waals surface area contributed by atoms with Crippen molar-refractivity contribution in [1.82, 2.24) is 14.5 Å². The molecule has 0 saturated heterocycles. The monoisotopic (exact) mass is 507 g/mol. The van der Waals surface area contributed by atoms with Gasteiger partial charge in [0.15, 0.2) is 0 Å². The van der Waals surface area contributed by atoms with Crippen LogP contribution in [0.3, 0.4) is 0 Å². The molecule has 0 N–H and O–H groups in total. The first-order valence-electron chi connectivity index (χ1n) is 12.4. The van der Waals surface area contributed by atoms with Crippen LogP contribution >= 0.6 is 12.4 Å². The van der Waals surface area contributed by atoms with E-state index < -0.39 is 0 Å². The van der Waals surface area contributed by atoms with E-state index in [9.17, 15) is 4.79 Å². The van der Waals surface area contributed by atoms with E-state index in [2.05, 4.69) is 54.4 Å². The van der Waals surface area contributed by atoms with Crippen LogP contribution in [0.2, 0.25) is 0 Å². The number of aromatic nitrogens is 2. The minimum Gasteiger partial charge on any atom is -0.329 e. The van der Waals surface area contributed by atoms with Gasteiger partial charge in [-0.25, -0.2) is 4.98 Å². The van der Waals surface area contributed by atoms with E-state index in [1.54, 1.807) is 6.92 Å². The maximum absolute atomic E-state index is 12.7. The molecule has 0 radical (unpaired) electrons. The third-order valence-electron chi connectivity index (χ3n) is 6.80. The van der Waals surface area contributed by atoms with Crippen molar-refractivity contribution in [2.45, 2.75) is 66.1 Å². The molecule has 0 saturated carbocycles. The van der Waals surface area contributed by atoms with Crippen molar-refractivity contribution < 1.29 is 4.79 Å². The van der Waals surface area contributed by atoms with Gasteiger partial charge in [0.1, 0.15) is 0 Å². The number of rotatable bonds is 11. The van der Waals surface area contributed by atoms with Crippen LogP contribution in [0.1, 0.15) is 61.1 Å². The third kappa shape index (κ3) is 7.43. The number of amides is 1. The van der Waals surface area contributed by atoms with Crippen molar-refractivity contribution in [3.8, 4) is 6.07 Å². The van der Waals surface area contributed by atoms with Crippen LogP contribution in [0.25, 0.3) is 0 Å². The predicted molar refractivity (Wildman–Crippen MR) is 148 cm³/mol. The van der Waals surface area contributed by atoms with Gasteiger partial charge in [-0.15, -0.1) is 12.4 Å². The molecule has 0 unspecified atom stereocenters. The lowest BCUT2D eigenvalue weighted by molar-refractivity contribution is -0.116. The molecule has 3 aromatic rings. The summed E-state index contributed by atoms with van der Waals surface area (Å²) in [7, 11) is 2.14. The molecule has 3 rings (SSSR count). The van der Waals surface area contributed by atoms with Crippen molar-refractivity contribution in [2.24, 2.45) is 0 Å². The second kappa shape index (κ2) is 13.8. The van der Waals surface area contributed by atoms with Gasteiger partial charge in [-0.05, 0) is 62.2 Å². The van der Waals surface area contributed by atoms with E-state index in [1.807, 2.05) is 53.8 Å². The number of nitrogens with zero attached hydrogens (tertiary/aromatic N) is 5. The molecule has 0 aliphatic heterocycles. The van der Waals surface area contributed by atoms with E-state index >= 15 is 0 Å². The molecule has 1 amide bonds. The Balaban J connectivity index is 0.00000456. The number of imidazole rings is 1. The van der Waals surface area contributed by atoms with Crippen LogP contribution in [0.4, 0.5) is 5.69 Å². The SMILES string of the molecule is CCCC[C@@H](CN(C(C)=O)c1cccc(C)c1C)N(C)Cc1cncn1Cc1ccc(C#N)cc1.Cl. The standard InChI is InChI=1S/C29H37N5O.ClH/c1-6-7-10-27(20-34(24(4)35)29-11-8-9-22(2)23(29)3)32(5)19-28-17-31-21-33(28)18-26-14-12-25(16-30)13-15-26;/h8-9,11-15,17,21,27H,6-7,10,18-20H2,1-5H3;1H/t27-;/m0./s1. The van der Waals surface area contributed by atoms with Crippen molar-refractivity contribution in [1.29, 1.82) is 5.26 Å². The van der Waals surface area contributed by atoms with Crippen molar-refractivity contribution >= 4 is 24.0 Å². The lowest BCUT2D eigenvalue weighted by Crippen LogP contribution is -2.44. The number of anilines is 1. The summed E-state index contributed by atoms with van der Waals surface area (Å²) in [5.74, 6) is 0.0689. The van der Waals surface area contributed by atoms with Crippen molar-refractivity contribution in [2.75, 3.05) is 18.5 Å². The van der Waals surface area contributed by atoms with Gasteiger partial charge in [-0.2, -0.15) is 5.26 Å². The zero-order chi connectivity index (χ0) is 25.4. The first-order chi connectivity index (χ1) is 16.8. The van der Waals surface area contributed by atoms with Gasteiger partial charge < -0.3 is 9.47 Å². The molecule has 1 aromatic heterocycles. The highest BCUT2D eigenvalue weighted by molar-refractivity contribution is 5.92. The van der Waals surface area contributed by atoms with Gasteiger partial charge in [0.25, 0.3) is 0 Å². The summed E-state index contributed by atoms with van der Waals surface area (Å²) in [5.41, 5.74) is 6.26. The molecule has 36 heavy (non-hydrogen) atoms. The van der Waals surface area contributed by atoms with E-state index in [1.165, 1.54) is 5.56 Å². The third-order valence-corrected chi connectivity index (χ3v) is 6.80. The number of hydrogen-bond acceptors (Lipinski definition) is 4. The highest BCUT2D eigenvalue weighted by atomic mass is 35.5. The molecule has 1 atom stereocenters. The van der Waals surface area contributed by atoms with Gasteiger partial charge in [0.05, 0.1) is 23.7 Å². The average Bonchev–Trinajstić information content (AvgIpc) is 3.27. The fourth-order valence-electron chi connectivity index (χ4n) is 4.41. The number of carbonyl (C=O) groups excluding carboxylic acids is 1. The number of aryl methyl sites for hydroxylation is 1. The number of carbonyl (C=O) groups is 1. The zero-order valence-corrected chi connectivity index (χ0v) is 22.9. The Kier molecular flexibility index (Phi) is 11.2. The molecule has 2 aromatic carbocycles. The molecule has 7 heteroatoms. The molecule has 192 valence electrons.